The molecule has 3 aromatic rings. The Morgan fingerprint density at radius 2 is 2.11 bits per heavy atom. The number of hydrogen-bond donors (Lipinski definition) is 0. The first-order chi connectivity index (χ1) is 13.1. The molecule has 1 saturated heterocycles. The Hall–Kier alpha value is -2.41. The number of aryl methyl sites for hydroxylation is 2. The van der Waals surface area contributed by atoms with Gasteiger partial charge in [0, 0.05) is 13.0 Å². The fraction of sp³-hybridized carbons (Fsp3) is 0.400. The average Bonchev–Trinajstić information content (AvgIpc) is 3.33. The van der Waals surface area contributed by atoms with Gasteiger partial charge in [0.05, 0.1) is 17.9 Å². The number of rotatable bonds is 6. The van der Waals surface area contributed by atoms with Crippen molar-refractivity contribution in [2.24, 2.45) is 0 Å². The number of aromatic nitrogens is 3. The van der Waals surface area contributed by atoms with Crippen LogP contribution < -0.4 is 4.90 Å². The van der Waals surface area contributed by atoms with Crippen molar-refractivity contribution in [2.45, 2.75) is 45.1 Å². The van der Waals surface area contributed by atoms with Crippen molar-refractivity contribution >= 4 is 32.7 Å². The highest BCUT2D eigenvalue weighted by atomic mass is 32.1. The van der Waals surface area contributed by atoms with E-state index in [0.29, 0.717) is 18.5 Å². The summed E-state index contributed by atoms with van der Waals surface area (Å²) in [5.74, 6) is -0.0393. The van der Waals surface area contributed by atoms with Gasteiger partial charge < -0.3 is 4.90 Å². The molecule has 7 heteroatoms. The molecule has 0 aliphatic carbocycles. The number of benzene rings is 1. The summed E-state index contributed by atoms with van der Waals surface area (Å²) in [5.41, 5.74) is 2.58. The fourth-order valence-corrected chi connectivity index (χ4v) is 4.45. The molecule has 3 heterocycles. The Balaban J connectivity index is 1.48. The summed E-state index contributed by atoms with van der Waals surface area (Å²) in [4.78, 5) is 29.3. The highest BCUT2D eigenvalue weighted by molar-refractivity contribution is 7.21. The van der Waals surface area contributed by atoms with Gasteiger partial charge >= 0.3 is 0 Å². The van der Waals surface area contributed by atoms with Gasteiger partial charge in [-0.1, -0.05) is 30.4 Å². The molecular weight excluding hydrogens is 363 g/mol. The van der Waals surface area contributed by atoms with Crippen molar-refractivity contribution in [2.75, 3.05) is 11.4 Å². The molecule has 1 atom stereocenters. The topological polar surface area (TPSA) is 59.0 Å². The Morgan fingerprint density at radius 1 is 1.30 bits per heavy atom. The molecule has 1 aromatic carbocycles. The third-order valence-corrected chi connectivity index (χ3v) is 5.94. The zero-order valence-electron chi connectivity index (χ0n) is 15.2. The van der Waals surface area contributed by atoms with E-state index >= 15 is 0 Å². The van der Waals surface area contributed by atoms with E-state index in [1.54, 1.807) is 18.3 Å². The average molecular weight is 384 g/mol. The molecule has 0 spiro atoms. The van der Waals surface area contributed by atoms with Gasteiger partial charge in [-0.25, -0.2) is 14.4 Å². The molecule has 0 N–H and O–H groups in total. The molecule has 2 aromatic heterocycles. The molecule has 5 nitrogen and oxygen atoms in total. The number of halogens is 1. The van der Waals surface area contributed by atoms with Crippen molar-refractivity contribution in [3.8, 4) is 0 Å². The lowest BCUT2D eigenvalue weighted by atomic mass is 10.0. The van der Waals surface area contributed by atoms with Crippen LogP contribution in [0.3, 0.4) is 0 Å². The van der Waals surface area contributed by atoms with Gasteiger partial charge in [0.1, 0.15) is 5.82 Å². The maximum absolute atomic E-state index is 13.0. The Labute approximate surface area is 161 Å². The van der Waals surface area contributed by atoms with E-state index in [9.17, 15) is 9.18 Å². The number of carbonyl (C=O) groups excluding carboxylic acids is 1. The van der Waals surface area contributed by atoms with Gasteiger partial charge in [0.2, 0.25) is 0 Å². The van der Waals surface area contributed by atoms with Crippen molar-refractivity contribution in [1.82, 2.24) is 15.0 Å². The van der Waals surface area contributed by atoms with Crippen LogP contribution >= 0.6 is 11.3 Å². The second-order valence-corrected chi connectivity index (χ2v) is 7.74. The Morgan fingerprint density at radius 3 is 2.89 bits per heavy atom. The van der Waals surface area contributed by atoms with Crippen LogP contribution in [-0.2, 0) is 17.6 Å². The van der Waals surface area contributed by atoms with Crippen molar-refractivity contribution in [3.05, 3.63) is 47.5 Å². The van der Waals surface area contributed by atoms with Crippen molar-refractivity contribution in [1.29, 1.82) is 0 Å². The number of Topliss-reactive ketones (excluding diaryl/α,β-unsaturated/α-hetero) is 1. The van der Waals surface area contributed by atoms with E-state index in [0.717, 1.165) is 47.0 Å². The Kier molecular flexibility index (Phi) is 5.11. The van der Waals surface area contributed by atoms with Crippen LogP contribution in [0.5, 0.6) is 0 Å². The highest BCUT2D eigenvalue weighted by Gasteiger charge is 2.32. The Bertz CT molecular complexity index is 956. The number of fused-ring (bicyclic) bond motifs is 1. The van der Waals surface area contributed by atoms with Crippen molar-refractivity contribution in [3.63, 3.8) is 0 Å². The number of thiazole rings is 1. The minimum Gasteiger partial charge on any atom is -0.338 e. The molecule has 1 aliphatic heterocycles. The highest BCUT2D eigenvalue weighted by Crippen LogP contribution is 2.32. The molecule has 0 saturated carbocycles. The van der Waals surface area contributed by atoms with E-state index in [2.05, 4.69) is 19.9 Å². The van der Waals surface area contributed by atoms with Crippen LogP contribution in [0.15, 0.2) is 30.5 Å². The number of hydrogen-bond acceptors (Lipinski definition) is 6. The van der Waals surface area contributed by atoms with Gasteiger partial charge in [-0.2, -0.15) is 4.98 Å². The molecule has 0 unspecified atom stereocenters. The van der Waals surface area contributed by atoms with E-state index in [4.69, 9.17) is 0 Å². The predicted molar refractivity (Wildman–Crippen MR) is 105 cm³/mol. The van der Waals surface area contributed by atoms with Gasteiger partial charge in [-0.15, -0.1) is 0 Å². The summed E-state index contributed by atoms with van der Waals surface area (Å²) in [7, 11) is 0. The first kappa shape index (κ1) is 18.0. The maximum Gasteiger partial charge on any atom is 0.191 e. The van der Waals surface area contributed by atoms with Crippen LogP contribution in [0.2, 0.25) is 0 Å². The normalized spacial score (nSPS) is 17.0. The largest absolute Gasteiger partial charge is 0.338 e. The van der Waals surface area contributed by atoms with Gasteiger partial charge in [-0.3, -0.25) is 4.79 Å². The summed E-state index contributed by atoms with van der Waals surface area (Å²) < 4.78 is 13.0. The fourth-order valence-electron chi connectivity index (χ4n) is 3.45. The van der Waals surface area contributed by atoms with Gasteiger partial charge in [0.25, 0.3) is 0 Å². The van der Waals surface area contributed by atoms with Crippen LogP contribution in [0.1, 0.15) is 37.4 Å². The minimum absolute atomic E-state index is 0.142. The van der Waals surface area contributed by atoms with Crippen LogP contribution in [0.4, 0.5) is 9.52 Å². The predicted octanol–water partition coefficient (Wildman–Crippen LogP) is 3.96. The third kappa shape index (κ3) is 3.83. The smallest absolute Gasteiger partial charge is 0.191 e. The molecule has 0 amide bonds. The summed E-state index contributed by atoms with van der Waals surface area (Å²) >= 11 is 1.51. The molecule has 4 rings (SSSR count). The molecule has 0 radical (unpaired) electrons. The quantitative estimate of drug-likeness (QED) is 0.644. The molecule has 1 aliphatic rings. The van der Waals surface area contributed by atoms with Crippen LogP contribution in [0, 0.1) is 5.82 Å². The van der Waals surface area contributed by atoms with E-state index in [1.807, 2.05) is 6.92 Å². The summed E-state index contributed by atoms with van der Waals surface area (Å²) in [6.07, 6.45) is 5.51. The van der Waals surface area contributed by atoms with Crippen LogP contribution in [-0.4, -0.2) is 33.3 Å². The summed E-state index contributed by atoms with van der Waals surface area (Å²) in [5, 5.41) is 0.830. The molecule has 1 fully saturated rings. The number of ketones is 1. The zero-order chi connectivity index (χ0) is 18.8. The summed E-state index contributed by atoms with van der Waals surface area (Å²) in [6.45, 7) is 2.88. The van der Waals surface area contributed by atoms with E-state index < -0.39 is 0 Å². The molecule has 27 heavy (non-hydrogen) atoms. The monoisotopic (exact) mass is 384 g/mol. The maximum atomic E-state index is 13.0. The van der Waals surface area contributed by atoms with Gasteiger partial charge in [0.15, 0.2) is 21.4 Å². The first-order valence-electron chi connectivity index (χ1n) is 9.30. The second kappa shape index (κ2) is 7.68. The zero-order valence-corrected chi connectivity index (χ0v) is 16.0. The molecule has 0 bridgehead atoms. The lowest BCUT2D eigenvalue weighted by molar-refractivity contribution is -0.120. The first-order valence-corrected chi connectivity index (χ1v) is 10.1. The minimum atomic E-state index is -0.253. The second-order valence-electron chi connectivity index (χ2n) is 6.78. The SMILES string of the molecule is CCc1cnc2nc(N3CCC[C@@H]3C(=O)CCc3ccc(F)cc3)sc2n1. The number of anilines is 1. The lowest BCUT2D eigenvalue weighted by Gasteiger charge is -2.22. The summed E-state index contributed by atoms with van der Waals surface area (Å²) in [6, 6.07) is 6.22. The van der Waals surface area contributed by atoms with Crippen LogP contribution in [0.25, 0.3) is 10.5 Å². The van der Waals surface area contributed by atoms with E-state index in [-0.39, 0.29) is 17.6 Å². The standard InChI is InChI=1S/C20H21FN4OS/c1-2-15-12-22-18-19(23-15)27-20(24-18)25-11-3-4-16(25)17(26)10-7-13-5-8-14(21)9-6-13/h5-6,8-9,12,16H,2-4,7,10-11H2,1H3/t16-/m1/s1. The number of nitrogens with zero attached hydrogens (tertiary/aromatic N) is 4. The number of carbonyl (C=O) groups is 1. The van der Waals surface area contributed by atoms with Crippen molar-refractivity contribution < 1.29 is 9.18 Å². The third-order valence-electron chi connectivity index (χ3n) is 4.97. The molecular formula is C20H21FN4OS. The van der Waals surface area contributed by atoms with E-state index in [1.165, 1.54) is 23.5 Å². The lowest BCUT2D eigenvalue weighted by Crippen LogP contribution is -2.36. The molecule has 140 valence electrons. The van der Waals surface area contributed by atoms with Gasteiger partial charge in [-0.05, 0) is 43.4 Å².